The second-order valence-corrected chi connectivity index (χ2v) is 3.83. The Morgan fingerprint density at radius 2 is 1.89 bits per heavy atom. The lowest BCUT2D eigenvalue weighted by atomic mass is 10.0. The third-order valence-corrected chi connectivity index (χ3v) is 2.54. The molecule has 19 heavy (non-hydrogen) atoms. The predicted molar refractivity (Wildman–Crippen MR) is 60.6 cm³/mol. The lowest BCUT2D eigenvalue weighted by Gasteiger charge is -2.04. The zero-order chi connectivity index (χ0) is 14.2. The first-order chi connectivity index (χ1) is 8.90. The molecule has 0 atom stereocenters. The number of rotatable bonds is 3. The van der Waals surface area contributed by atoms with Crippen molar-refractivity contribution in [2.75, 3.05) is 0 Å². The molecule has 0 saturated heterocycles. The molecule has 7 heteroatoms. The largest absolute Gasteiger partial charge is 0.478 e. The quantitative estimate of drug-likeness (QED) is 0.882. The van der Waals surface area contributed by atoms with Crippen LogP contribution in [0.4, 0.5) is 4.39 Å². The molecule has 2 aromatic rings. The first-order valence-electron chi connectivity index (χ1n) is 5.14. The van der Waals surface area contributed by atoms with E-state index in [0.717, 1.165) is 18.2 Å². The molecular weight excluding hydrogens is 257 g/mol. The lowest BCUT2D eigenvalue weighted by Crippen LogP contribution is -2.01. The van der Waals surface area contributed by atoms with Gasteiger partial charge in [0.05, 0.1) is 11.1 Å². The second kappa shape index (κ2) is 4.52. The Morgan fingerprint density at radius 1 is 1.21 bits per heavy atom. The second-order valence-electron chi connectivity index (χ2n) is 3.83. The van der Waals surface area contributed by atoms with Crippen LogP contribution in [0.1, 0.15) is 26.4 Å². The van der Waals surface area contributed by atoms with Gasteiger partial charge in [-0.2, -0.15) is 0 Å². The minimum atomic E-state index is -1.32. The molecule has 0 aliphatic heterocycles. The third kappa shape index (κ3) is 2.30. The van der Waals surface area contributed by atoms with Gasteiger partial charge in [-0.15, -0.1) is 0 Å². The van der Waals surface area contributed by atoms with Crippen LogP contribution >= 0.6 is 0 Å². The van der Waals surface area contributed by atoms with Crippen LogP contribution in [0, 0.1) is 12.7 Å². The number of aromatic carboxylic acids is 2. The summed E-state index contributed by atoms with van der Waals surface area (Å²) in [5.41, 5.74) is -0.369. The van der Waals surface area contributed by atoms with Gasteiger partial charge in [-0.25, -0.2) is 14.0 Å². The van der Waals surface area contributed by atoms with Crippen LogP contribution in [0.3, 0.4) is 0 Å². The molecule has 1 aromatic carbocycles. The Labute approximate surface area is 106 Å². The van der Waals surface area contributed by atoms with Crippen molar-refractivity contribution in [1.29, 1.82) is 0 Å². The van der Waals surface area contributed by atoms with E-state index in [1.165, 1.54) is 6.92 Å². The van der Waals surface area contributed by atoms with Crippen molar-refractivity contribution in [2.24, 2.45) is 0 Å². The molecule has 0 aliphatic rings. The van der Waals surface area contributed by atoms with E-state index in [0.29, 0.717) is 0 Å². The summed E-state index contributed by atoms with van der Waals surface area (Å²) in [6, 6.07) is 3.16. The Balaban J connectivity index is 2.57. The number of hydrogen-bond acceptors (Lipinski definition) is 4. The van der Waals surface area contributed by atoms with E-state index in [-0.39, 0.29) is 28.1 Å². The monoisotopic (exact) mass is 265 g/mol. The molecule has 0 saturated carbocycles. The minimum absolute atomic E-state index is 0.0929. The van der Waals surface area contributed by atoms with Crippen LogP contribution in [0.5, 0.6) is 0 Å². The topological polar surface area (TPSA) is 101 Å². The zero-order valence-electron chi connectivity index (χ0n) is 9.68. The van der Waals surface area contributed by atoms with Gasteiger partial charge in [0, 0.05) is 6.07 Å². The molecule has 0 unspecified atom stereocenters. The highest BCUT2D eigenvalue weighted by atomic mass is 19.1. The average Bonchev–Trinajstić information content (AvgIpc) is 2.77. The van der Waals surface area contributed by atoms with Crippen molar-refractivity contribution in [3.05, 3.63) is 40.8 Å². The number of nitrogens with zero attached hydrogens (tertiary/aromatic N) is 1. The fourth-order valence-electron chi connectivity index (χ4n) is 1.59. The number of carbonyl (C=O) groups is 2. The molecule has 0 fully saturated rings. The molecule has 1 heterocycles. The highest BCUT2D eigenvalue weighted by molar-refractivity contribution is 5.91. The SMILES string of the molecule is Cc1cc(F)c(-c2cc(C(=O)O)no2)cc1C(=O)O. The van der Waals surface area contributed by atoms with Gasteiger partial charge < -0.3 is 14.7 Å². The Kier molecular flexibility index (Phi) is 3.04. The molecule has 2 N–H and O–H groups in total. The van der Waals surface area contributed by atoms with Gasteiger partial charge in [0.2, 0.25) is 0 Å². The summed E-state index contributed by atoms with van der Waals surface area (Å²) in [5.74, 6) is -3.38. The van der Waals surface area contributed by atoms with Gasteiger partial charge in [-0.1, -0.05) is 5.16 Å². The summed E-state index contributed by atoms with van der Waals surface area (Å²) in [5, 5.41) is 20.9. The van der Waals surface area contributed by atoms with Gasteiger partial charge >= 0.3 is 11.9 Å². The van der Waals surface area contributed by atoms with Crippen molar-refractivity contribution in [2.45, 2.75) is 6.92 Å². The Bertz CT molecular complexity index is 677. The first kappa shape index (κ1) is 12.7. The van der Waals surface area contributed by atoms with Gasteiger partial charge in [-0.3, -0.25) is 0 Å². The van der Waals surface area contributed by atoms with E-state index in [2.05, 4.69) is 5.16 Å². The van der Waals surface area contributed by atoms with E-state index in [4.69, 9.17) is 14.7 Å². The highest BCUT2D eigenvalue weighted by Crippen LogP contribution is 2.26. The van der Waals surface area contributed by atoms with Crippen molar-refractivity contribution < 1.29 is 28.7 Å². The summed E-state index contributed by atoms with van der Waals surface area (Å²) in [6.07, 6.45) is 0. The molecule has 0 radical (unpaired) electrons. The van der Waals surface area contributed by atoms with Crippen LogP contribution in [0.25, 0.3) is 11.3 Å². The van der Waals surface area contributed by atoms with E-state index in [9.17, 15) is 14.0 Å². The number of aryl methyl sites for hydroxylation is 1. The van der Waals surface area contributed by atoms with Crippen LogP contribution in [0.2, 0.25) is 0 Å². The van der Waals surface area contributed by atoms with Crippen molar-refractivity contribution in [3.63, 3.8) is 0 Å². The lowest BCUT2D eigenvalue weighted by molar-refractivity contribution is 0.0679. The summed E-state index contributed by atoms with van der Waals surface area (Å²) in [4.78, 5) is 21.6. The van der Waals surface area contributed by atoms with E-state index in [1.807, 2.05) is 0 Å². The van der Waals surface area contributed by atoms with E-state index in [1.54, 1.807) is 0 Å². The molecule has 98 valence electrons. The Morgan fingerprint density at radius 3 is 2.42 bits per heavy atom. The number of carboxylic acids is 2. The molecule has 0 aliphatic carbocycles. The average molecular weight is 265 g/mol. The highest BCUT2D eigenvalue weighted by Gasteiger charge is 2.18. The maximum absolute atomic E-state index is 13.8. The molecule has 6 nitrogen and oxygen atoms in total. The van der Waals surface area contributed by atoms with Gasteiger partial charge in [0.25, 0.3) is 0 Å². The third-order valence-electron chi connectivity index (χ3n) is 2.54. The fraction of sp³-hybridized carbons (Fsp3) is 0.0833. The summed E-state index contributed by atoms with van der Waals surface area (Å²) in [7, 11) is 0. The van der Waals surface area contributed by atoms with Crippen molar-refractivity contribution in [3.8, 4) is 11.3 Å². The number of hydrogen-bond donors (Lipinski definition) is 2. The number of halogens is 1. The summed E-state index contributed by atoms with van der Waals surface area (Å²) < 4.78 is 18.5. The molecule has 0 bridgehead atoms. The van der Waals surface area contributed by atoms with Crippen LogP contribution in [-0.2, 0) is 0 Å². The smallest absolute Gasteiger partial charge is 0.358 e. The predicted octanol–water partition coefficient (Wildman–Crippen LogP) is 2.19. The normalized spacial score (nSPS) is 10.4. The molecule has 1 aromatic heterocycles. The van der Waals surface area contributed by atoms with Gasteiger partial charge in [0.15, 0.2) is 11.5 Å². The van der Waals surface area contributed by atoms with Gasteiger partial charge in [0.1, 0.15) is 5.82 Å². The summed E-state index contributed by atoms with van der Waals surface area (Å²) >= 11 is 0. The van der Waals surface area contributed by atoms with Crippen LogP contribution < -0.4 is 0 Å². The van der Waals surface area contributed by atoms with E-state index >= 15 is 0 Å². The Hall–Kier alpha value is -2.70. The standard InChI is InChI=1S/C12H8FNO5/c1-5-2-8(13)7(3-6(5)11(15)16)10-4-9(12(17)18)14-19-10/h2-4H,1H3,(H,15,16)(H,17,18). The summed E-state index contributed by atoms with van der Waals surface area (Å²) in [6.45, 7) is 1.46. The molecule has 2 rings (SSSR count). The number of benzene rings is 1. The fourth-order valence-corrected chi connectivity index (χ4v) is 1.59. The van der Waals surface area contributed by atoms with Gasteiger partial charge in [-0.05, 0) is 24.6 Å². The number of aromatic nitrogens is 1. The van der Waals surface area contributed by atoms with Crippen LogP contribution in [0.15, 0.2) is 22.7 Å². The van der Waals surface area contributed by atoms with E-state index < -0.39 is 17.8 Å². The number of carboxylic acid groups (broad SMARTS) is 2. The molecule has 0 spiro atoms. The first-order valence-corrected chi connectivity index (χ1v) is 5.14. The van der Waals surface area contributed by atoms with Crippen molar-refractivity contribution >= 4 is 11.9 Å². The van der Waals surface area contributed by atoms with Crippen molar-refractivity contribution in [1.82, 2.24) is 5.16 Å². The minimum Gasteiger partial charge on any atom is -0.478 e. The molecular formula is C12H8FNO5. The maximum Gasteiger partial charge on any atom is 0.358 e. The van der Waals surface area contributed by atoms with Crippen LogP contribution in [-0.4, -0.2) is 27.3 Å². The zero-order valence-corrected chi connectivity index (χ0v) is 9.68. The molecule has 0 amide bonds. The maximum atomic E-state index is 13.8.